The molecule has 0 amide bonds. The molecule has 0 fully saturated rings. The van der Waals surface area contributed by atoms with Gasteiger partial charge in [0.15, 0.2) is 0 Å². The summed E-state index contributed by atoms with van der Waals surface area (Å²) < 4.78 is 0. The van der Waals surface area contributed by atoms with Crippen molar-refractivity contribution in [3.63, 3.8) is 0 Å². The Balaban J connectivity index is 1.10. The topological polar surface area (TPSA) is 147 Å². The lowest BCUT2D eigenvalue weighted by Crippen LogP contribution is -2.11. The van der Waals surface area contributed by atoms with Gasteiger partial charge in [-0.2, -0.15) is 0 Å². The van der Waals surface area contributed by atoms with Gasteiger partial charge in [-0.3, -0.25) is 0 Å². The standard InChI is InChI=1S/C70H37N11/c1-4-10-35(11-5-1)56-39-17-16-38(34-39)40-18-19-41-47-25-30-52(72-47)57(36-12-6-2-7-13-36)53-31-27-49(74-53)44-22-23-45-50-28-33-55(75-50)58(37-14-8-3-9-15-37)54-32-26-48(73-54)43-21-20-42(46-24-29-51(56)71-46)61-62(43)80-69-67(78-61)65-66(77-60(41)59(40)76-65)68-70(69)81-64(45)63(44)79-68/h1-33,73-74H,34H2. The molecule has 7 aromatic heterocycles. The van der Waals surface area contributed by atoms with Crippen LogP contribution in [0, 0.1) is 0 Å². The lowest BCUT2D eigenvalue weighted by molar-refractivity contribution is 1.31. The highest BCUT2D eigenvalue weighted by molar-refractivity contribution is 6.33. The smallest absolute Gasteiger partial charge is 0.120 e. The Hall–Kier alpha value is -11.2. The predicted molar refractivity (Wildman–Crippen MR) is 329 cm³/mol. The number of hydrogen-bond donors (Lipinski definition) is 2. The van der Waals surface area contributed by atoms with Crippen molar-refractivity contribution in [2.75, 3.05) is 0 Å². The zero-order valence-corrected chi connectivity index (χ0v) is 42.8. The van der Waals surface area contributed by atoms with E-state index in [-0.39, 0.29) is 0 Å². The Morgan fingerprint density at radius 2 is 0.704 bits per heavy atom. The third-order valence-electron chi connectivity index (χ3n) is 16.9. The first-order valence-electron chi connectivity index (χ1n) is 27.2. The number of aromatic amines is 2. The normalized spacial score (nSPS) is 14.6. The van der Waals surface area contributed by atoms with Gasteiger partial charge in [0, 0.05) is 70.7 Å². The summed E-state index contributed by atoms with van der Waals surface area (Å²) >= 11 is 0. The minimum Gasteiger partial charge on any atom is -0.354 e. The Kier molecular flexibility index (Phi) is 8.34. The maximum atomic E-state index is 5.85. The van der Waals surface area contributed by atoms with Crippen molar-refractivity contribution in [1.82, 2.24) is 49.8 Å². The Bertz CT molecular complexity index is 5770. The van der Waals surface area contributed by atoms with Crippen LogP contribution >= 0.6 is 0 Å². The molecule has 0 unspecified atom stereocenters. The molecule has 5 aliphatic rings. The number of rotatable bonds is 3. The second kappa shape index (κ2) is 15.7. The van der Waals surface area contributed by atoms with Gasteiger partial charge >= 0.3 is 0 Å². The van der Waals surface area contributed by atoms with E-state index < -0.39 is 0 Å². The summed E-state index contributed by atoms with van der Waals surface area (Å²) in [6.07, 6.45) is 17.8. The molecule has 0 spiro atoms. The number of aromatic nitrogens is 10. The first-order chi connectivity index (χ1) is 40.1. The average molecular weight is 1030 g/mol. The largest absolute Gasteiger partial charge is 0.354 e. The summed E-state index contributed by atoms with van der Waals surface area (Å²) in [5.41, 5.74) is 24.4. The number of benzene rings is 7. The highest BCUT2D eigenvalue weighted by Crippen LogP contribution is 2.41. The van der Waals surface area contributed by atoms with E-state index >= 15 is 0 Å². The minimum atomic E-state index is 0.553. The van der Waals surface area contributed by atoms with Crippen LogP contribution in [0.5, 0.6) is 0 Å². The monoisotopic (exact) mass is 1030 g/mol. The van der Waals surface area contributed by atoms with Crippen LogP contribution in [0.25, 0.3) is 173 Å². The van der Waals surface area contributed by atoms with E-state index in [2.05, 4.69) is 198 Å². The number of allylic oxidation sites excluding steroid dienone is 5. The molecule has 11 heterocycles. The molecule has 81 heavy (non-hydrogen) atoms. The molecule has 2 N–H and O–H groups in total. The van der Waals surface area contributed by atoms with Crippen molar-refractivity contribution < 1.29 is 0 Å². The first-order valence-corrected chi connectivity index (χ1v) is 27.2. The van der Waals surface area contributed by atoms with E-state index in [1.165, 1.54) is 0 Å². The Labute approximate surface area is 458 Å². The molecule has 24 bridgehead atoms. The van der Waals surface area contributed by atoms with Gasteiger partial charge in [-0.15, -0.1) is 0 Å². The van der Waals surface area contributed by atoms with Crippen LogP contribution in [0.1, 0.15) is 34.8 Å². The molecule has 11 nitrogen and oxygen atoms in total. The summed E-state index contributed by atoms with van der Waals surface area (Å²) in [6, 6.07) is 52.9. The van der Waals surface area contributed by atoms with E-state index in [4.69, 9.17) is 44.9 Å². The van der Waals surface area contributed by atoms with E-state index in [0.29, 0.717) is 67.1 Å². The highest BCUT2D eigenvalue weighted by Gasteiger charge is 2.27. The highest BCUT2D eigenvalue weighted by atomic mass is 14.9. The van der Waals surface area contributed by atoms with E-state index in [9.17, 15) is 0 Å². The van der Waals surface area contributed by atoms with Crippen molar-refractivity contribution in [2.45, 2.75) is 6.42 Å². The van der Waals surface area contributed by atoms with Gasteiger partial charge in [0.05, 0.1) is 67.3 Å². The maximum absolute atomic E-state index is 5.85. The van der Waals surface area contributed by atoms with Crippen molar-refractivity contribution in [3.05, 3.63) is 220 Å². The number of nitrogens with one attached hydrogen (secondary N) is 2. The van der Waals surface area contributed by atoms with E-state index in [1.54, 1.807) is 0 Å². The molecule has 0 radical (unpaired) electrons. The molecule has 0 saturated heterocycles. The number of nitrogens with zero attached hydrogens (tertiary/aromatic N) is 9. The fourth-order valence-electron chi connectivity index (χ4n) is 13.1. The minimum absolute atomic E-state index is 0.553. The van der Waals surface area contributed by atoms with Gasteiger partial charge in [-0.25, -0.2) is 44.9 Å². The second-order valence-corrected chi connectivity index (χ2v) is 21.3. The predicted octanol–water partition coefficient (Wildman–Crippen LogP) is 14.2. The molecule has 11 heteroatoms. The van der Waals surface area contributed by atoms with Gasteiger partial charge in [0.1, 0.15) is 33.1 Å². The van der Waals surface area contributed by atoms with Crippen LogP contribution in [-0.4, -0.2) is 55.6 Å². The molecular formula is C70H37N11. The number of fused-ring (bicyclic) bond motifs is 15. The van der Waals surface area contributed by atoms with Gasteiger partial charge in [0.25, 0.3) is 0 Å². The summed E-state index contributed by atoms with van der Waals surface area (Å²) in [6.45, 7) is 0. The fraction of sp³-hybridized carbons (Fsp3) is 0.0143. The fourth-order valence-corrected chi connectivity index (χ4v) is 13.1. The molecule has 1 aliphatic carbocycles. The SMILES string of the molecule is C1=CC2=c3ccc4c5ccc([nH]5)c(-c5ccccc5)c5nc(c6ccc7c8ccc([nH]8)c(-c8ccccc8)c8nc(c9ccc(c%10nc%11c%12nc3c4nc%12c3nc6c7nc3c%11nc9%10)=C3C=CC(=C(c4ccccc4)C1=N2)C3)C=C8)C=C5. The second-order valence-electron chi connectivity index (χ2n) is 21.3. The summed E-state index contributed by atoms with van der Waals surface area (Å²) in [7, 11) is 0. The van der Waals surface area contributed by atoms with Crippen LogP contribution in [-0.2, 0) is 0 Å². The summed E-state index contributed by atoms with van der Waals surface area (Å²) in [5.74, 6) is 0. The molecule has 14 aromatic rings. The Morgan fingerprint density at radius 3 is 1.28 bits per heavy atom. The quantitative estimate of drug-likeness (QED) is 0.131. The Morgan fingerprint density at radius 1 is 0.284 bits per heavy atom. The average Bonchev–Trinajstić information content (AvgIpc) is 3.76. The van der Waals surface area contributed by atoms with Crippen LogP contribution in [0.4, 0.5) is 0 Å². The molecular weight excluding hydrogens is 995 g/mol. The molecule has 0 saturated carbocycles. The van der Waals surface area contributed by atoms with Crippen LogP contribution in [0.2, 0.25) is 0 Å². The van der Waals surface area contributed by atoms with Crippen molar-refractivity contribution >= 4 is 157 Å². The van der Waals surface area contributed by atoms with E-state index in [0.717, 1.165) is 138 Å². The van der Waals surface area contributed by atoms with Crippen molar-refractivity contribution in [3.8, 4) is 22.3 Å². The van der Waals surface area contributed by atoms with Gasteiger partial charge in [-0.05, 0) is 125 Å². The van der Waals surface area contributed by atoms with Gasteiger partial charge in [-0.1, -0.05) is 109 Å². The lowest BCUT2D eigenvalue weighted by atomic mass is 9.94. The summed E-state index contributed by atoms with van der Waals surface area (Å²) in [5, 5.41) is 5.21. The van der Waals surface area contributed by atoms with E-state index in [1.807, 2.05) is 12.1 Å². The first kappa shape index (κ1) is 42.9. The van der Waals surface area contributed by atoms with Crippen LogP contribution in [0.3, 0.4) is 0 Å². The molecule has 19 rings (SSSR count). The third kappa shape index (κ3) is 6.03. The number of hydrogen-bond acceptors (Lipinski definition) is 9. The molecule has 372 valence electrons. The lowest BCUT2D eigenvalue weighted by Gasteiger charge is -2.13. The van der Waals surface area contributed by atoms with Crippen molar-refractivity contribution in [1.29, 1.82) is 0 Å². The zero-order chi connectivity index (χ0) is 52.6. The van der Waals surface area contributed by atoms with Crippen LogP contribution in [0.15, 0.2) is 187 Å². The molecule has 4 aliphatic heterocycles. The third-order valence-corrected chi connectivity index (χ3v) is 16.9. The van der Waals surface area contributed by atoms with Crippen LogP contribution < -0.4 is 10.4 Å². The van der Waals surface area contributed by atoms with Gasteiger partial charge in [0.2, 0.25) is 0 Å². The van der Waals surface area contributed by atoms with Gasteiger partial charge < -0.3 is 9.97 Å². The maximum Gasteiger partial charge on any atom is 0.120 e. The number of H-pyrrole nitrogens is 2. The zero-order valence-electron chi connectivity index (χ0n) is 42.8. The number of aliphatic imine (C=N–C) groups is 1. The molecule has 0 atom stereocenters. The molecule has 7 aromatic carbocycles. The van der Waals surface area contributed by atoms with Crippen molar-refractivity contribution in [2.24, 2.45) is 4.99 Å². The summed E-state index contributed by atoms with van der Waals surface area (Å²) in [4.78, 5) is 59.2.